The number of carbonyl (C=O) groups is 2. The Morgan fingerprint density at radius 1 is 1.15 bits per heavy atom. The molecule has 0 bridgehead atoms. The minimum Gasteiger partial charge on any atom is -0.449 e. The Hall–Kier alpha value is -2.40. The monoisotopic (exact) mass is 368 g/mol. The molecular weight excluding hydrogens is 352 g/mol. The molecule has 1 saturated carbocycles. The molecule has 3 heterocycles. The Bertz CT molecular complexity index is 923. The number of pyridine rings is 1. The van der Waals surface area contributed by atoms with Crippen LogP contribution in [-0.4, -0.2) is 34.8 Å². The predicted molar refractivity (Wildman–Crippen MR) is 94.9 cm³/mol. The Kier molecular flexibility index (Phi) is 3.23. The Balaban J connectivity index is 1.43. The van der Waals surface area contributed by atoms with E-state index in [1.165, 1.54) is 0 Å². The number of hydrogen-bond acceptors (Lipinski definition) is 4. The van der Waals surface area contributed by atoms with E-state index in [0.717, 1.165) is 24.0 Å². The molecule has 2 fully saturated rings. The van der Waals surface area contributed by atoms with E-state index < -0.39 is 11.0 Å². The van der Waals surface area contributed by atoms with E-state index in [2.05, 4.69) is 4.98 Å². The summed E-state index contributed by atoms with van der Waals surface area (Å²) in [5.74, 6) is -0.225. The average molecular weight is 369 g/mol. The van der Waals surface area contributed by atoms with Crippen LogP contribution in [0.2, 0.25) is 5.02 Å². The number of likely N-dealkylation sites (tertiary alicyclic amines) is 1. The fraction of sp³-hybridized carbons (Fsp3) is 0.350. The fourth-order valence-corrected chi connectivity index (χ4v) is 4.45. The lowest BCUT2D eigenvalue weighted by Crippen LogP contribution is -2.40. The normalized spacial score (nSPS) is 25.3. The molecule has 132 valence electrons. The van der Waals surface area contributed by atoms with Crippen LogP contribution in [-0.2, 0) is 20.5 Å². The molecule has 5 rings (SSSR count). The Morgan fingerprint density at radius 3 is 2.65 bits per heavy atom. The minimum absolute atomic E-state index is 0.121. The molecule has 26 heavy (non-hydrogen) atoms. The summed E-state index contributed by atoms with van der Waals surface area (Å²) in [5.41, 5.74) is 1.21. The maximum absolute atomic E-state index is 13.3. The Morgan fingerprint density at radius 2 is 1.92 bits per heavy atom. The van der Waals surface area contributed by atoms with E-state index in [0.29, 0.717) is 30.1 Å². The van der Waals surface area contributed by atoms with Gasteiger partial charge in [0.25, 0.3) is 0 Å². The number of nitrogens with zero attached hydrogens (tertiary/aromatic N) is 2. The third kappa shape index (κ3) is 2.13. The molecule has 5 nitrogen and oxygen atoms in total. The molecule has 3 aliphatic rings. The summed E-state index contributed by atoms with van der Waals surface area (Å²) in [5, 5.41) is 0.667. The van der Waals surface area contributed by atoms with Crippen LogP contribution < -0.4 is 0 Å². The zero-order chi connectivity index (χ0) is 17.9. The second-order valence-electron chi connectivity index (χ2n) is 7.37. The number of hydrogen-bond donors (Lipinski definition) is 0. The van der Waals surface area contributed by atoms with E-state index in [1.54, 1.807) is 12.4 Å². The van der Waals surface area contributed by atoms with Crippen LogP contribution in [0, 0.1) is 0 Å². The first-order valence-electron chi connectivity index (χ1n) is 8.77. The van der Waals surface area contributed by atoms with Crippen molar-refractivity contribution in [3.05, 3.63) is 64.4 Å². The van der Waals surface area contributed by atoms with Gasteiger partial charge in [0.15, 0.2) is 5.60 Å². The van der Waals surface area contributed by atoms with E-state index in [1.807, 2.05) is 35.2 Å². The molecule has 1 amide bonds. The predicted octanol–water partition coefficient (Wildman–Crippen LogP) is 3.06. The number of halogens is 1. The molecule has 1 saturated heterocycles. The van der Waals surface area contributed by atoms with E-state index in [4.69, 9.17) is 16.3 Å². The van der Waals surface area contributed by atoms with Crippen molar-refractivity contribution in [3.63, 3.8) is 0 Å². The van der Waals surface area contributed by atoms with Gasteiger partial charge in [-0.1, -0.05) is 23.7 Å². The number of amides is 1. The number of rotatable bonds is 2. The zero-order valence-electron chi connectivity index (χ0n) is 14.1. The van der Waals surface area contributed by atoms with Gasteiger partial charge in [0, 0.05) is 35.9 Å². The van der Waals surface area contributed by atoms with Gasteiger partial charge in [0.2, 0.25) is 5.91 Å². The molecule has 1 aromatic heterocycles. The Labute approximate surface area is 155 Å². The minimum atomic E-state index is -0.721. The first-order chi connectivity index (χ1) is 12.5. The van der Waals surface area contributed by atoms with E-state index >= 15 is 0 Å². The van der Waals surface area contributed by atoms with Gasteiger partial charge in [0.1, 0.15) is 0 Å². The molecule has 1 aromatic carbocycles. The highest BCUT2D eigenvalue weighted by molar-refractivity contribution is 6.30. The molecule has 2 aliphatic heterocycles. The standard InChI is InChI=1S/C20H17ClN2O3/c21-14-3-1-13(2-4-14)19(6-7-19)18(25)23-10-8-20(12-23)16-5-9-22-11-15(16)17(24)26-20/h1-5,9,11H,6-8,10,12H2. The highest BCUT2D eigenvalue weighted by Crippen LogP contribution is 2.52. The molecule has 1 atom stereocenters. The quantitative estimate of drug-likeness (QED) is 0.764. The lowest BCUT2D eigenvalue weighted by atomic mass is 9.92. The molecule has 1 spiro atoms. The molecule has 0 N–H and O–H groups in total. The maximum Gasteiger partial charge on any atom is 0.341 e. The number of carbonyl (C=O) groups excluding carboxylic acids is 2. The molecule has 1 aliphatic carbocycles. The van der Waals surface area contributed by atoms with Crippen molar-refractivity contribution >= 4 is 23.5 Å². The summed E-state index contributed by atoms with van der Waals surface area (Å²) in [7, 11) is 0. The van der Waals surface area contributed by atoms with Crippen LogP contribution in [0.1, 0.15) is 40.7 Å². The van der Waals surface area contributed by atoms with Crippen LogP contribution >= 0.6 is 11.6 Å². The second-order valence-corrected chi connectivity index (χ2v) is 7.81. The topological polar surface area (TPSA) is 59.5 Å². The number of fused-ring (bicyclic) bond motifs is 2. The number of esters is 1. The van der Waals surface area contributed by atoms with Crippen molar-refractivity contribution in [2.24, 2.45) is 0 Å². The molecule has 0 radical (unpaired) electrons. The van der Waals surface area contributed by atoms with Crippen molar-refractivity contribution in [1.29, 1.82) is 0 Å². The highest BCUT2D eigenvalue weighted by Gasteiger charge is 2.57. The first-order valence-corrected chi connectivity index (χ1v) is 9.15. The highest BCUT2D eigenvalue weighted by atomic mass is 35.5. The van der Waals surface area contributed by atoms with Crippen molar-refractivity contribution in [3.8, 4) is 0 Å². The molecular formula is C20H17ClN2O3. The van der Waals surface area contributed by atoms with Gasteiger partial charge in [-0.05, 0) is 36.6 Å². The van der Waals surface area contributed by atoms with Crippen LogP contribution in [0.3, 0.4) is 0 Å². The van der Waals surface area contributed by atoms with E-state index in [-0.39, 0.29) is 11.9 Å². The molecule has 2 aromatic rings. The number of benzene rings is 1. The third-order valence-electron chi connectivity index (χ3n) is 5.90. The van der Waals surface area contributed by atoms with Crippen molar-refractivity contribution < 1.29 is 14.3 Å². The largest absolute Gasteiger partial charge is 0.449 e. The summed E-state index contributed by atoms with van der Waals surface area (Å²) in [4.78, 5) is 31.3. The van der Waals surface area contributed by atoms with Gasteiger partial charge < -0.3 is 9.64 Å². The summed E-state index contributed by atoms with van der Waals surface area (Å²) in [6, 6.07) is 9.38. The van der Waals surface area contributed by atoms with Gasteiger partial charge >= 0.3 is 5.97 Å². The smallest absolute Gasteiger partial charge is 0.341 e. The van der Waals surface area contributed by atoms with Crippen molar-refractivity contribution in [2.75, 3.05) is 13.1 Å². The van der Waals surface area contributed by atoms with Crippen molar-refractivity contribution in [1.82, 2.24) is 9.88 Å². The molecule has 1 unspecified atom stereocenters. The van der Waals surface area contributed by atoms with Gasteiger partial charge in [-0.3, -0.25) is 9.78 Å². The van der Waals surface area contributed by atoms with Gasteiger partial charge in [0.05, 0.1) is 17.5 Å². The summed E-state index contributed by atoms with van der Waals surface area (Å²) < 4.78 is 5.72. The van der Waals surface area contributed by atoms with Crippen LogP contribution in [0.25, 0.3) is 0 Å². The summed E-state index contributed by atoms with van der Waals surface area (Å²) in [6.45, 7) is 0.993. The first kappa shape index (κ1) is 15.8. The van der Waals surface area contributed by atoms with E-state index in [9.17, 15) is 9.59 Å². The van der Waals surface area contributed by atoms with Gasteiger partial charge in [-0.15, -0.1) is 0 Å². The maximum atomic E-state index is 13.3. The average Bonchev–Trinajstić information content (AvgIpc) is 3.28. The van der Waals surface area contributed by atoms with Gasteiger partial charge in [-0.25, -0.2) is 4.79 Å². The van der Waals surface area contributed by atoms with Crippen LogP contribution in [0.15, 0.2) is 42.7 Å². The van der Waals surface area contributed by atoms with Crippen molar-refractivity contribution in [2.45, 2.75) is 30.3 Å². The lowest BCUT2D eigenvalue weighted by molar-refractivity contribution is -0.134. The van der Waals surface area contributed by atoms with Gasteiger partial charge in [-0.2, -0.15) is 0 Å². The van der Waals surface area contributed by atoms with Crippen LogP contribution in [0.5, 0.6) is 0 Å². The summed E-state index contributed by atoms with van der Waals surface area (Å²) >= 11 is 5.98. The SMILES string of the molecule is O=C1OC2(CCN(C(=O)C3(c4ccc(Cl)cc4)CC3)C2)c2ccncc21. The summed E-state index contributed by atoms with van der Waals surface area (Å²) in [6.07, 6.45) is 5.53. The fourth-order valence-electron chi connectivity index (χ4n) is 4.32. The number of aromatic nitrogens is 1. The third-order valence-corrected chi connectivity index (χ3v) is 6.15. The number of ether oxygens (including phenoxy) is 1. The lowest BCUT2D eigenvalue weighted by Gasteiger charge is -2.26. The zero-order valence-corrected chi connectivity index (χ0v) is 14.8. The molecule has 6 heteroatoms. The second kappa shape index (κ2) is 5.30. The van der Waals surface area contributed by atoms with Crippen LogP contribution in [0.4, 0.5) is 0 Å².